The van der Waals surface area contributed by atoms with E-state index in [0.29, 0.717) is 18.2 Å². The van der Waals surface area contributed by atoms with Gasteiger partial charge in [0.15, 0.2) is 0 Å². The highest BCUT2D eigenvalue weighted by molar-refractivity contribution is 5.33. The quantitative estimate of drug-likeness (QED) is 0.124. The van der Waals surface area contributed by atoms with Gasteiger partial charge in [0.1, 0.15) is 12.4 Å². The number of hydrogen-bond acceptors (Lipinski definition) is 4. The molecule has 4 heteroatoms. The molecule has 0 spiro atoms. The third-order valence-corrected chi connectivity index (χ3v) is 7.91. The van der Waals surface area contributed by atoms with Gasteiger partial charge in [0.25, 0.3) is 0 Å². The predicted octanol–water partition coefficient (Wildman–Crippen LogP) is 8.02. The van der Waals surface area contributed by atoms with E-state index < -0.39 is 0 Å². The molecule has 0 saturated heterocycles. The first kappa shape index (κ1) is 30.8. The van der Waals surface area contributed by atoms with Crippen LogP contribution >= 0.6 is 0 Å². The molecule has 0 aromatic heterocycles. The SMILES string of the molecule is N#Cc1cccc(CNC(CCc2ccccc2)CC(Cc2ccccc2)NCc2cccc(OCc3ccccc3)c2)c1. The standard InChI is InChI=1S/C40H41N3O/c41-28-35-18-10-19-36(24-35)29-42-38(23-22-32-12-4-1-5-13-32)27-39(25-33-14-6-2-7-15-33)43-30-37-20-11-21-40(26-37)44-31-34-16-8-3-9-17-34/h1-21,24,26,38-39,42-43H,22-23,25,27,29-31H2. The minimum Gasteiger partial charge on any atom is -0.489 e. The van der Waals surface area contributed by atoms with E-state index in [0.717, 1.165) is 55.6 Å². The van der Waals surface area contributed by atoms with Crippen molar-refractivity contribution < 1.29 is 4.74 Å². The third-order valence-electron chi connectivity index (χ3n) is 7.91. The lowest BCUT2D eigenvalue weighted by Gasteiger charge is -2.26. The van der Waals surface area contributed by atoms with Crippen molar-refractivity contribution >= 4 is 0 Å². The molecule has 44 heavy (non-hydrogen) atoms. The number of ether oxygens (including phenoxy) is 1. The van der Waals surface area contributed by atoms with Crippen molar-refractivity contribution in [3.8, 4) is 11.8 Å². The number of benzene rings is 5. The summed E-state index contributed by atoms with van der Waals surface area (Å²) < 4.78 is 6.11. The second-order valence-electron chi connectivity index (χ2n) is 11.3. The van der Waals surface area contributed by atoms with Gasteiger partial charge in [-0.1, -0.05) is 115 Å². The van der Waals surface area contributed by atoms with Crippen molar-refractivity contribution in [2.45, 2.75) is 57.5 Å². The molecule has 5 rings (SSSR count). The van der Waals surface area contributed by atoms with Crippen LogP contribution in [0.4, 0.5) is 0 Å². The molecule has 0 fully saturated rings. The highest BCUT2D eigenvalue weighted by atomic mass is 16.5. The molecule has 2 N–H and O–H groups in total. The van der Waals surface area contributed by atoms with E-state index in [2.05, 4.69) is 114 Å². The molecular formula is C40H41N3O. The summed E-state index contributed by atoms with van der Waals surface area (Å²) in [5.41, 5.74) is 6.87. The summed E-state index contributed by atoms with van der Waals surface area (Å²) in [5, 5.41) is 17.1. The summed E-state index contributed by atoms with van der Waals surface area (Å²) in [6.07, 6.45) is 3.95. The lowest BCUT2D eigenvalue weighted by atomic mass is 9.95. The Kier molecular flexibility index (Phi) is 11.8. The van der Waals surface area contributed by atoms with Crippen molar-refractivity contribution in [2.24, 2.45) is 0 Å². The highest BCUT2D eigenvalue weighted by Crippen LogP contribution is 2.18. The Morgan fingerprint density at radius 1 is 0.568 bits per heavy atom. The summed E-state index contributed by atoms with van der Waals surface area (Å²) in [6.45, 7) is 2.05. The minimum atomic E-state index is 0.269. The van der Waals surface area contributed by atoms with Crippen LogP contribution in [0, 0.1) is 11.3 Å². The number of nitrogens with zero attached hydrogens (tertiary/aromatic N) is 1. The first-order chi connectivity index (χ1) is 21.7. The van der Waals surface area contributed by atoms with E-state index in [1.165, 1.54) is 16.7 Å². The lowest BCUT2D eigenvalue weighted by molar-refractivity contribution is 0.305. The van der Waals surface area contributed by atoms with Crippen LogP contribution in [0.1, 0.15) is 46.2 Å². The Labute approximate surface area is 262 Å². The molecule has 0 aliphatic carbocycles. The van der Waals surface area contributed by atoms with E-state index >= 15 is 0 Å². The zero-order valence-corrected chi connectivity index (χ0v) is 25.2. The Balaban J connectivity index is 1.27. The maximum Gasteiger partial charge on any atom is 0.120 e. The van der Waals surface area contributed by atoms with Gasteiger partial charge in [-0.2, -0.15) is 5.26 Å². The van der Waals surface area contributed by atoms with Crippen LogP contribution in [0.5, 0.6) is 5.75 Å². The molecule has 0 radical (unpaired) electrons. The number of hydrogen-bond donors (Lipinski definition) is 2. The van der Waals surface area contributed by atoms with Gasteiger partial charge >= 0.3 is 0 Å². The Bertz CT molecular complexity index is 1580. The molecule has 0 saturated carbocycles. The Morgan fingerprint density at radius 3 is 1.82 bits per heavy atom. The van der Waals surface area contributed by atoms with Crippen LogP contribution in [0.2, 0.25) is 0 Å². The van der Waals surface area contributed by atoms with Crippen molar-refractivity contribution in [3.63, 3.8) is 0 Å². The van der Waals surface area contributed by atoms with Gasteiger partial charge in [0.05, 0.1) is 11.6 Å². The maximum atomic E-state index is 9.37. The normalized spacial score (nSPS) is 12.2. The summed E-state index contributed by atoms with van der Waals surface area (Å²) in [4.78, 5) is 0. The second-order valence-corrected chi connectivity index (χ2v) is 11.3. The van der Waals surface area contributed by atoms with Gasteiger partial charge in [-0.15, -0.1) is 0 Å². The monoisotopic (exact) mass is 579 g/mol. The fourth-order valence-electron chi connectivity index (χ4n) is 5.53. The molecule has 0 amide bonds. The first-order valence-corrected chi connectivity index (χ1v) is 15.5. The fraction of sp³-hybridized carbons (Fsp3) is 0.225. The summed E-state index contributed by atoms with van der Waals surface area (Å²) >= 11 is 0. The number of nitriles is 1. The number of nitrogens with one attached hydrogen (secondary N) is 2. The molecule has 2 atom stereocenters. The van der Waals surface area contributed by atoms with Crippen LogP contribution in [0.15, 0.2) is 140 Å². The molecule has 5 aromatic carbocycles. The molecule has 2 unspecified atom stereocenters. The minimum absolute atomic E-state index is 0.269. The third kappa shape index (κ3) is 10.2. The fourth-order valence-corrected chi connectivity index (χ4v) is 5.53. The van der Waals surface area contributed by atoms with Crippen molar-refractivity contribution in [1.29, 1.82) is 5.26 Å². The van der Waals surface area contributed by atoms with Gasteiger partial charge in [-0.3, -0.25) is 0 Å². The summed E-state index contributed by atoms with van der Waals surface area (Å²) in [5.74, 6) is 0.884. The van der Waals surface area contributed by atoms with Gasteiger partial charge in [0.2, 0.25) is 0 Å². The molecule has 0 aliphatic rings. The zero-order valence-electron chi connectivity index (χ0n) is 25.2. The Hall–Kier alpha value is -4.69. The zero-order chi connectivity index (χ0) is 30.2. The van der Waals surface area contributed by atoms with Gasteiger partial charge in [0, 0.05) is 25.2 Å². The predicted molar refractivity (Wildman–Crippen MR) is 179 cm³/mol. The first-order valence-electron chi connectivity index (χ1n) is 15.5. The molecular weight excluding hydrogens is 538 g/mol. The molecule has 0 aliphatic heterocycles. The summed E-state index contributed by atoms with van der Waals surface area (Å²) in [7, 11) is 0. The molecule has 4 nitrogen and oxygen atoms in total. The van der Waals surface area contributed by atoms with Crippen LogP contribution in [-0.4, -0.2) is 12.1 Å². The van der Waals surface area contributed by atoms with E-state index in [1.807, 2.05) is 42.5 Å². The topological polar surface area (TPSA) is 57.1 Å². The van der Waals surface area contributed by atoms with E-state index in [1.54, 1.807) is 0 Å². The van der Waals surface area contributed by atoms with E-state index in [4.69, 9.17) is 4.74 Å². The summed E-state index contributed by atoms with van der Waals surface area (Å²) in [6, 6.07) is 50.9. The van der Waals surface area contributed by atoms with Crippen molar-refractivity contribution in [1.82, 2.24) is 10.6 Å². The van der Waals surface area contributed by atoms with Gasteiger partial charge < -0.3 is 15.4 Å². The molecule has 5 aromatic rings. The molecule has 222 valence electrons. The van der Waals surface area contributed by atoms with Crippen LogP contribution in [0.3, 0.4) is 0 Å². The number of rotatable bonds is 16. The average molecular weight is 580 g/mol. The van der Waals surface area contributed by atoms with Crippen molar-refractivity contribution in [3.05, 3.63) is 173 Å². The van der Waals surface area contributed by atoms with Gasteiger partial charge in [-0.25, -0.2) is 0 Å². The maximum absolute atomic E-state index is 9.37. The smallest absolute Gasteiger partial charge is 0.120 e. The van der Waals surface area contributed by atoms with Crippen LogP contribution in [-0.2, 0) is 32.5 Å². The highest BCUT2D eigenvalue weighted by Gasteiger charge is 2.18. The average Bonchev–Trinajstić information content (AvgIpc) is 3.09. The van der Waals surface area contributed by atoms with Crippen molar-refractivity contribution in [2.75, 3.05) is 0 Å². The van der Waals surface area contributed by atoms with Crippen LogP contribution < -0.4 is 15.4 Å². The van der Waals surface area contributed by atoms with Gasteiger partial charge in [-0.05, 0) is 77.8 Å². The van der Waals surface area contributed by atoms with E-state index in [-0.39, 0.29) is 6.04 Å². The van der Waals surface area contributed by atoms with E-state index in [9.17, 15) is 5.26 Å². The largest absolute Gasteiger partial charge is 0.489 e. The Morgan fingerprint density at radius 2 is 1.14 bits per heavy atom. The molecule has 0 bridgehead atoms. The number of aryl methyl sites for hydroxylation is 1. The molecule has 0 heterocycles. The second kappa shape index (κ2) is 16.8. The lowest BCUT2D eigenvalue weighted by Crippen LogP contribution is -2.39. The van der Waals surface area contributed by atoms with Crippen LogP contribution in [0.25, 0.3) is 0 Å².